The summed E-state index contributed by atoms with van der Waals surface area (Å²) in [5.74, 6) is 1.22. The van der Waals surface area contributed by atoms with Crippen LogP contribution >= 0.6 is 0 Å². The van der Waals surface area contributed by atoms with E-state index in [1.165, 1.54) is 12.1 Å². The van der Waals surface area contributed by atoms with Crippen LogP contribution in [0.1, 0.15) is 0 Å². The lowest BCUT2D eigenvalue weighted by Gasteiger charge is -2.33. The number of ether oxygens (including phenoxy) is 1. The standard InChI is InChI=1S/C23H15FN2O/c24-16-11-13-17(14-12-16)26-20-8-1-2-10-22(20)27-23-18(6-5-9-21(23)26)19-7-3-4-15-25-19/h1-15H. The lowest BCUT2D eigenvalue weighted by Crippen LogP contribution is -2.16. The molecule has 0 radical (unpaired) electrons. The molecule has 4 heteroatoms. The van der Waals surface area contributed by atoms with Crippen LogP contribution in [0.15, 0.2) is 91.1 Å². The van der Waals surface area contributed by atoms with Crippen molar-refractivity contribution in [2.24, 2.45) is 0 Å². The fourth-order valence-corrected chi connectivity index (χ4v) is 3.37. The summed E-state index contributed by atoms with van der Waals surface area (Å²) in [5, 5.41) is 0. The van der Waals surface area contributed by atoms with Gasteiger partial charge in [-0.1, -0.05) is 24.3 Å². The molecule has 0 atom stereocenters. The van der Waals surface area contributed by atoms with Crippen molar-refractivity contribution in [3.05, 3.63) is 96.9 Å². The number of hydrogen-bond acceptors (Lipinski definition) is 3. The number of benzene rings is 3. The Labute approximate surface area is 156 Å². The lowest BCUT2D eigenvalue weighted by atomic mass is 10.0. The fourth-order valence-electron chi connectivity index (χ4n) is 3.37. The summed E-state index contributed by atoms with van der Waals surface area (Å²) in [6, 6.07) is 26.1. The molecule has 3 nitrogen and oxygen atoms in total. The Morgan fingerprint density at radius 1 is 0.741 bits per heavy atom. The second-order valence-electron chi connectivity index (χ2n) is 6.25. The largest absolute Gasteiger partial charge is 0.452 e. The van der Waals surface area contributed by atoms with Gasteiger partial charge in [-0.25, -0.2) is 4.39 Å². The molecule has 1 aliphatic heterocycles. The van der Waals surface area contributed by atoms with Gasteiger partial charge in [-0.3, -0.25) is 4.98 Å². The van der Waals surface area contributed by atoms with Crippen molar-refractivity contribution in [3.63, 3.8) is 0 Å². The number of anilines is 3. The van der Waals surface area contributed by atoms with E-state index >= 15 is 0 Å². The summed E-state index contributed by atoms with van der Waals surface area (Å²) in [5.41, 5.74) is 4.42. The zero-order valence-electron chi connectivity index (χ0n) is 14.3. The van der Waals surface area contributed by atoms with Crippen LogP contribution in [0.2, 0.25) is 0 Å². The van der Waals surface area contributed by atoms with Crippen LogP contribution < -0.4 is 9.64 Å². The first-order valence-corrected chi connectivity index (χ1v) is 8.68. The molecular weight excluding hydrogens is 339 g/mol. The molecule has 2 heterocycles. The van der Waals surface area contributed by atoms with Crippen LogP contribution in [0, 0.1) is 5.82 Å². The average molecular weight is 354 g/mol. The number of halogens is 1. The number of hydrogen-bond donors (Lipinski definition) is 0. The highest BCUT2D eigenvalue weighted by atomic mass is 19.1. The van der Waals surface area contributed by atoms with Gasteiger partial charge < -0.3 is 9.64 Å². The summed E-state index contributed by atoms with van der Waals surface area (Å²) >= 11 is 0. The molecule has 0 amide bonds. The number of pyridine rings is 1. The van der Waals surface area contributed by atoms with Gasteiger partial charge in [0.05, 0.1) is 17.1 Å². The van der Waals surface area contributed by atoms with Crippen molar-refractivity contribution >= 4 is 17.1 Å². The Morgan fingerprint density at radius 2 is 1.52 bits per heavy atom. The van der Waals surface area contributed by atoms with Gasteiger partial charge in [-0.2, -0.15) is 0 Å². The van der Waals surface area contributed by atoms with E-state index in [9.17, 15) is 4.39 Å². The highest BCUT2D eigenvalue weighted by Crippen LogP contribution is 2.53. The number of rotatable bonds is 2. The molecule has 0 unspecified atom stereocenters. The second-order valence-corrected chi connectivity index (χ2v) is 6.25. The summed E-state index contributed by atoms with van der Waals surface area (Å²) in [4.78, 5) is 6.56. The van der Waals surface area contributed by atoms with Gasteiger partial charge >= 0.3 is 0 Å². The summed E-state index contributed by atoms with van der Waals surface area (Å²) in [7, 11) is 0. The second kappa shape index (κ2) is 6.25. The van der Waals surface area contributed by atoms with Crippen LogP contribution in [-0.2, 0) is 0 Å². The van der Waals surface area contributed by atoms with E-state index in [0.717, 1.165) is 39.8 Å². The van der Waals surface area contributed by atoms with Gasteiger partial charge in [-0.15, -0.1) is 0 Å². The van der Waals surface area contributed by atoms with Crippen LogP contribution in [0.25, 0.3) is 11.3 Å². The highest BCUT2D eigenvalue weighted by molar-refractivity contribution is 5.90. The number of aromatic nitrogens is 1. The number of para-hydroxylation sites is 3. The summed E-state index contributed by atoms with van der Waals surface area (Å²) < 4.78 is 19.8. The maximum atomic E-state index is 13.5. The molecule has 4 aromatic rings. The Kier molecular flexibility index (Phi) is 3.61. The van der Waals surface area contributed by atoms with Crippen molar-refractivity contribution in [3.8, 4) is 22.8 Å². The van der Waals surface area contributed by atoms with E-state index in [1.54, 1.807) is 18.3 Å². The molecule has 0 saturated carbocycles. The molecule has 1 aliphatic rings. The number of fused-ring (bicyclic) bond motifs is 2. The van der Waals surface area contributed by atoms with E-state index in [0.29, 0.717) is 0 Å². The quantitative estimate of drug-likeness (QED) is 0.363. The van der Waals surface area contributed by atoms with Gasteiger partial charge in [-0.05, 0) is 60.7 Å². The van der Waals surface area contributed by atoms with Gasteiger partial charge in [0.25, 0.3) is 0 Å². The van der Waals surface area contributed by atoms with Gasteiger partial charge in [0, 0.05) is 17.4 Å². The van der Waals surface area contributed by atoms with Crippen molar-refractivity contribution in [1.82, 2.24) is 4.98 Å². The summed E-state index contributed by atoms with van der Waals surface area (Å²) in [6.45, 7) is 0. The Hall–Kier alpha value is -3.66. The van der Waals surface area contributed by atoms with Crippen LogP contribution in [0.4, 0.5) is 21.5 Å². The molecule has 130 valence electrons. The first-order valence-electron chi connectivity index (χ1n) is 8.68. The molecular formula is C23H15FN2O. The van der Waals surface area contributed by atoms with Gasteiger partial charge in [0.1, 0.15) is 5.82 Å². The third kappa shape index (κ3) is 2.62. The monoisotopic (exact) mass is 354 g/mol. The Bertz CT molecular complexity index is 1110. The topological polar surface area (TPSA) is 25.4 Å². The molecule has 1 aromatic heterocycles. The minimum Gasteiger partial charge on any atom is -0.452 e. The zero-order chi connectivity index (χ0) is 18.2. The molecule has 3 aromatic carbocycles. The normalized spacial score (nSPS) is 12.1. The lowest BCUT2D eigenvalue weighted by molar-refractivity contribution is 0.478. The van der Waals surface area contributed by atoms with Crippen molar-refractivity contribution in [2.75, 3.05) is 4.90 Å². The minimum absolute atomic E-state index is 0.261. The third-order valence-electron chi connectivity index (χ3n) is 4.58. The maximum absolute atomic E-state index is 13.5. The molecule has 5 rings (SSSR count). The third-order valence-corrected chi connectivity index (χ3v) is 4.58. The van der Waals surface area contributed by atoms with Crippen molar-refractivity contribution in [1.29, 1.82) is 0 Å². The van der Waals surface area contributed by atoms with Crippen LogP contribution in [0.3, 0.4) is 0 Å². The molecule has 0 saturated heterocycles. The van der Waals surface area contributed by atoms with E-state index < -0.39 is 0 Å². The zero-order valence-corrected chi connectivity index (χ0v) is 14.3. The first-order chi connectivity index (χ1) is 13.3. The fraction of sp³-hybridized carbons (Fsp3) is 0. The van der Waals surface area contributed by atoms with E-state index in [2.05, 4.69) is 9.88 Å². The molecule has 0 aliphatic carbocycles. The number of nitrogens with zero attached hydrogens (tertiary/aromatic N) is 2. The van der Waals surface area contributed by atoms with Crippen molar-refractivity contribution in [2.45, 2.75) is 0 Å². The smallest absolute Gasteiger partial charge is 0.160 e. The Balaban J connectivity index is 1.75. The Morgan fingerprint density at radius 3 is 2.33 bits per heavy atom. The van der Waals surface area contributed by atoms with E-state index in [1.807, 2.05) is 60.7 Å². The predicted molar refractivity (Wildman–Crippen MR) is 104 cm³/mol. The SMILES string of the molecule is Fc1ccc(N2c3ccccc3Oc3c(-c4ccccn4)cccc32)cc1. The predicted octanol–water partition coefficient (Wildman–Crippen LogP) is 6.46. The molecule has 0 spiro atoms. The van der Waals surface area contributed by atoms with Crippen LogP contribution in [0.5, 0.6) is 11.5 Å². The van der Waals surface area contributed by atoms with Gasteiger partial charge in [0.15, 0.2) is 11.5 Å². The molecule has 27 heavy (non-hydrogen) atoms. The maximum Gasteiger partial charge on any atom is 0.160 e. The van der Waals surface area contributed by atoms with E-state index in [-0.39, 0.29) is 5.82 Å². The first kappa shape index (κ1) is 15.6. The van der Waals surface area contributed by atoms with Crippen molar-refractivity contribution < 1.29 is 9.13 Å². The molecule has 0 N–H and O–H groups in total. The minimum atomic E-state index is -0.261. The molecule has 0 bridgehead atoms. The van der Waals surface area contributed by atoms with E-state index in [4.69, 9.17) is 4.74 Å². The van der Waals surface area contributed by atoms with Crippen LogP contribution in [-0.4, -0.2) is 4.98 Å². The molecule has 0 fully saturated rings. The summed E-state index contributed by atoms with van der Waals surface area (Å²) in [6.07, 6.45) is 1.77. The van der Waals surface area contributed by atoms with Gasteiger partial charge in [0.2, 0.25) is 0 Å². The highest BCUT2D eigenvalue weighted by Gasteiger charge is 2.28. The average Bonchev–Trinajstić information content (AvgIpc) is 2.73.